The van der Waals surface area contributed by atoms with Crippen LogP contribution in [0.4, 0.5) is 0 Å². The molecule has 0 spiro atoms. The molecule has 0 amide bonds. The highest BCUT2D eigenvalue weighted by Crippen LogP contribution is 2.03. The van der Waals surface area contributed by atoms with Gasteiger partial charge in [0.05, 0.1) is 0 Å². The first-order valence-electron chi connectivity index (χ1n) is 3.70. The first-order chi connectivity index (χ1) is 6.15. The second kappa shape index (κ2) is 3.99. The number of rotatable bonds is 2. The summed E-state index contributed by atoms with van der Waals surface area (Å²) in [7, 11) is 0. The molecule has 0 atom stereocenters. The van der Waals surface area contributed by atoms with Gasteiger partial charge in [-0.25, -0.2) is 0 Å². The zero-order valence-corrected chi connectivity index (χ0v) is 7.81. The molecule has 1 aromatic heterocycles. The fourth-order valence-electron chi connectivity index (χ4n) is 0.786. The van der Waals surface area contributed by atoms with E-state index in [0.29, 0.717) is 6.54 Å². The molecule has 0 aromatic carbocycles. The Kier molecular flexibility index (Phi) is 2.97. The molecule has 0 aliphatic rings. The summed E-state index contributed by atoms with van der Waals surface area (Å²) in [5, 5.41) is 9.27. The van der Waals surface area contributed by atoms with E-state index in [2.05, 4.69) is 27.2 Å². The van der Waals surface area contributed by atoms with Crippen molar-refractivity contribution in [3.05, 3.63) is 20.7 Å². The third kappa shape index (κ3) is 2.25. The highest BCUT2D eigenvalue weighted by atomic mass is 32.1. The Hall–Kier alpha value is -1.43. The lowest BCUT2D eigenvalue weighted by molar-refractivity contribution is 0.449. The minimum Gasteiger partial charge on any atom is -0.494 e. The number of aromatic nitrogens is 2. The van der Waals surface area contributed by atoms with Gasteiger partial charge in [-0.15, -0.1) is 0 Å². The van der Waals surface area contributed by atoms with E-state index < -0.39 is 5.56 Å². The van der Waals surface area contributed by atoms with Gasteiger partial charge in [0.15, 0.2) is 4.77 Å². The number of aromatic hydroxyl groups is 1. The maximum atomic E-state index is 11.2. The predicted octanol–water partition coefficient (Wildman–Crippen LogP) is 0.577. The van der Waals surface area contributed by atoms with Crippen molar-refractivity contribution >= 4 is 18.4 Å². The molecule has 0 aliphatic heterocycles. The van der Waals surface area contributed by atoms with Crippen LogP contribution in [-0.4, -0.2) is 27.8 Å². The molecule has 0 unspecified atom stereocenters. The molecular formula is C7H9N3O2S. The largest absolute Gasteiger partial charge is 0.494 e. The van der Waals surface area contributed by atoms with Crippen LogP contribution in [0.25, 0.3) is 0 Å². The van der Waals surface area contributed by atoms with Crippen molar-refractivity contribution in [3.63, 3.8) is 0 Å². The van der Waals surface area contributed by atoms with E-state index in [0.717, 1.165) is 0 Å². The summed E-state index contributed by atoms with van der Waals surface area (Å²) < 4.78 is 0.0937. The molecule has 3 N–H and O–H groups in total. The standard InChI is InChI=1S/C7H9N3O2S/c1-2-8-3-4-5(11)9-7(13)10-6(4)12/h3H,2H2,1H3,(H3,9,10,11,12,13). The van der Waals surface area contributed by atoms with Crippen LogP contribution in [0.1, 0.15) is 12.5 Å². The summed E-state index contributed by atoms with van der Waals surface area (Å²) in [6, 6.07) is 0. The van der Waals surface area contributed by atoms with Crippen LogP contribution in [0.3, 0.4) is 0 Å². The minimum atomic E-state index is -0.446. The molecule has 1 aromatic rings. The van der Waals surface area contributed by atoms with Gasteiger partial charge in [0.2, 0.25) is 5.88 Å². The fourth-order valence-corrected chi connectivity index (χ4v) is 0.976. The summed E-state index contributed by atoms with van der Waals surface area (Å²) >= 11 is 4.64. The van der Waals surface area contributed by atoms with Crippen molar-refractivity contribution in [3.8, 4) is 5.88 Å². The quantitative estimate of drug-likeness (QED) is 0.481. The lowest BCUT2D eigenvalue weighted by Gasteiger charge is -1.95. The van der Waals surface area contributed by atoms with Gasteiger partial charge < -0.3 is 10.1 Å². The SMILES string of the molecule is CCN=Cc1c(O)[nH]c(=S)[nH]c1=O. The highest BCUT2D eigenvalue weighted by Gasteiger charge is 2.02. The average Bonchev–Trinajstić information content (AvgIpc) is 2.02. The molecule has 0 saturated heterocycles. The van der Waals surface area contributed by atoms with Crippen molar-refractivity contribution in [1.29, 1.82) is 0 Å². The molecule has 0 aliphatic carbocycles. The van der Waals surface area contributed by atoms with Gasteiger partial charge >= 0.3 is 0 Å². The van der Waals surface area contributed by atoms with Crippen molar-refractivity contribution in [2.24, 2.45) is 4.99 Å². The molecule has 0 bridgehead atoms. The molecule has 1 heterocycles. The Morgan fingerprint density at radius 1 is 1.62 bits per heavy atom. The van der Waals surface area contributed by atoms with Crippen molar-refractivity contribution in [1.82, 2.24) is 9.97 Å². The Labute approximate surface area is 79.2 Å². The van der Waals surface area contributed by atoms with Gasteiger partial charge in [-0.1, -0.05) is 0 Å². The summed E-state index contributed by atoms with van der Waals surface area (Å²) in [5.41, 5.74) is -0.353. The van der Waals surface area contributed by atoms with Crippen LogP contribution in [0.5, 0.6) is 5.88 Å². The normalized spacial score (nSPS) is 10.8. The third-order valence-corrected chi connectivity index (χ3v) is 1.57. The fraction of sp³-hybridized carbons (Fsp3) is 0.286. The van der Waals surface area contributed by atoms with E-state index in [4.69, 9.17) is 0 Å². The molecule has 5 nitrogen and oxygen atoms in total. The zero-order valence-electron chi connectivity index (χ0n) is 7.00. The minimum absolute atomic E-state index is 0.0930. The molecule has 0 fully saturated rings. The topological polar surface area (TPSA) is 81.2 Å². The second-order valence-electron chi connectivity index (χ2n) is 2.30. The van der Waals surface area contributed by atoms with Crippen LogP contribution in [0, 0.1) is 4.77 Å². The Bertz CT molecular complexity index is 432. The highest BCUT2D eigenvalue weighted by molar-refractivity contribution is 7.71. The van der Waals surface area contributed by atoms with Gasteiger partial charge in [0.25, 0.3) is 5.56 Å². The van der Waals surface area contributed by atoms with Gasteiger partial charge in [0.1, 0.15) is 5.56 Å². The van der Waals surface area contributed by atoms with Crippen LogP contribution < -0.4 is 5.56 Å². The first kappa shape index (κ1) is 9.66. The van der Waals surface area contributed by atoms with E-state index in [9.17, 15) is 9.90 Å². The first-order valence-corrected chi connectivity index (χ1v) is 4.11. The maximum Gasteiger partial charge on any atom is 0.264 e. The number of nitrogens with zero attached hydrogens (tertiary/aromatic N) is 1. The van der Waals surface area contributed by atoms with Crippen LogP contribution in [-0.2, 0) is 0 Å². The second-order valence-corrected chi connectivity index (χ2v) is 2.71. The zero-order chi connectivity index (χ0) is 9.84. The van der Waals surface area contributed by atoms with E-state index in [1.165, 1.54) is 6.21 Å². The Balaban J connectivity index is 3.29. The summed E-state index contributed by atoms with van der Waals surface area (Å²) in [5.74, 6) is -0.258. The van der Waals surface area contributed by atoms with Crippen molar-refractivity contribution in [2.45, 2.75) is 6.92 Å². The van der Waals surface area contributed by atoms with Crippen molar-refractivity contribution < 1.29 is 5.11 Å². The van der Waals surface area contributed by atoms with Crippen LogP contribution in [0.15, 0.2) is 9.79 Å². The summed E-state index contributed by atoms with van der Waals surface area (Å²) in [6.07, 6.45) is 1.30. The number of H-pyrrole nitrogens is 2. The van der Waals surface area contributed by atoms with Gasteiger partial charge in [0, 0.05) is 12.8 Å². The van der Waals surface area contributed by atoms with Crippen LogP contribution >= 0.6 is 12.2 Å². The average molecular weight is 199 g/mol. The number of nitrogens with one attached hydrogen (secondary N) is 2. The summed E-state index contributed by atoms with van der Waals surface area (Å²) in [4.78, 5) is 19.8. The monoisotopic (exact) mass is 199 g/mol. The number of hydrogen-bond acceptors (Lipinski definition) is 4. The number of aromatic amines is 2. The third-order valence-electron chi connectivity index (χ3n) is 1.36. The number of aliphatic imine (C=N–C) groups is 1. The van der Waals surface area contributed by atoms with E-state index in [-0.39, 0.29) is 16.2 Å². The van der Waals surface area contributed by atoms with Crippen molar-refractivity contribution in [2.75, 3.05) is 6.54 Å². The smallest absolute Gasteiger partial charge is 0.264 e. The molecule has 70 valence electrons. The van der Waals surface area contributed by atoms with Gasteiger partial charge in [-0.05, 0) is 19.1 Å². The molecular weight excluding hydrogens is 190 g/mol. The number of hydrogen-bond donors (Lipinski definition) is 3. The molecule has 0 saturated carbocycles. The molecule has 0 radical (unpaired) electrons. The van der Waals surface area contributed by atoms with Gasteiger partial charge in [-0.2, -0.15) is 0 Å². The van der Waals surface area contributed by atoms with Gasteiger partial charge in [-0.3, -0.25) is 14.8 Å². The van der Waals surface area contributed by atoms with E-state index in [1.807, 2.05) is 6.92 Å². The lowest BCUT2D eigenvalue weighted by Crippen LogP contribution is -2.13. The maximum absolute atomic E-state index is 11.2. The van der Waals surface area contributed by atoms with Crippen LogP contribution in [0.2, 0.25) is 0 Å². The predicted molar refractivity (Wildman–Crippen MR) is 52.0 cm³/mol. The molecule has 13 heavy (non-hydrogen) atoms. The van der Waals surface area contributed by atoms with E-state index in [1.54, 1.807) is 0 Å². The van der Waals surface area contributed by atoms with E-state index >= 15 is 0 Å². The Morgan fingerprint density at radius 3 is 2.85 bits per heavy atom. The Morgan fingerprint density at radius 2 is 2.31 bits per heavy atom. The lowest BCUT2D eigenvalue weighted by atomic mass is 10.3. The summed E-state index contributed by atoms with van der Waals surface area (Å²) in [6.45, 7) is 2.38. The molecule has 6 heteroatoms. The molecule has 1 rings (SSSR count).